The molecule has 21 heavy (non-hydrogen) atoms. The van der Waals surface area contributed by atoms with E-state index in [0.717, 1.165) is 62.5 Å². The predicted molar refractivity (Wildman–Crippen MR) is 89.3 cm³/mol. The molecular formula is C16H27ClN4. The van der Waals surface area contributed by atoms with E-state index >= 15 is 0 Å². The first kappa shape index (κ1) is 16.5. The van der Waals surface area contributed by atoms with Crippen LogP contribution in [0.3, 0.4) is 0 Å². The van der Waals surface area contributed by atoms with E-state index in [-0.39, 0.29) is 0 Å². The average Bonchev–Trinajstić information content (AvgIpc) is 2.64. The van der Waals surface area contributed by atoms with Crippen LogP contribution in [-0.2, 0) is 6.42 Å². The zero-order valence-corrected chi connectivity index (χ0v) is 14.4. The minimum atomic E-state index is 0.497. The van der Waals surface area contributed by atoms with E-state index in [4.69, 9.17) is 16.6 Å². The number of rotatable bonds is 4. The van der Waals surface area contributed by atoms with E-state index in [9.17, 15) is 0 Å². The monoisotopic (exact) mass is 310 g/mol. The Morgan fingerprint density at radius 1 is 1.24 bits per heavy atom. The number of anilines is 1. The van der Waals surface area contributed by atoms with Crippen molar-refractivity contribution in [3.05, 3.63) is 16.5 Å². The van der Waals surface area contributed by atoms with Gasteiger partial charge in [-0.25, -0.2) is 9.97 Å². The van der Waals surface area contributed by atoms with Gasteiger partial charge in [-0.1, -0.05) is 25.4 Å². The molecule has 2 heterocycles. The molecule has 1 aromatic heterocycles. The van der Waals surface area contributed by atoms with Gasteiger partial charge >= 0.3 is 0 Å². The molecule has 1 fully saturated rings. The normalized spacial score (nSPS) is 20.6. The number of aryl methyl sites for hydroxylation is 1. The van der Waals surface area contributed by atoms with E-state index in [1.807, 2.05) is 6.92 Å². The molecule has 1 atom stereocenters. The van der Waals surface area contributed by atoms with Crippen molar-refractivity contribution in [3.63, 3.8) is 0 Å². The molecule has 0 N–H and O–H groups in total. The molecule has 1 aromatic rings. The van der Waals surface area contributed by atoms with Crippen molar-refractivity contribution in [1.29, 1.82) is 0 Å². The summed E-state index contributed by atoms with van der Waals surface area (Å²) in [6.07, 6.45) is 4.21. The Balaban J connectivity index is 2.37. The third kappa shape index (κ3) is 3.86. The van der Waals surface area contributed by atoms with Crippen LogP contribution in [0.1, 0.15) is 44.5 Å². The lowest BCUT2D eigenvalue weighted by Crippen LogP contribution is -2.40. The highest BCUT2D eigenvalue weighted by atomic mass is 35.5. The second-order valence-electron chi connectivity index (χ2n) is 6.00. The molecule has 118 valence electrons. The maximum Gasteiger partial charge on any atom is 0.137 e. The molecule has 4 nitrogen and oxygen atoms in total. The van der Waals surface area contributed by atoms with Gasteiger partial charge < -0.3 is 9.80 Å². The Morgan fingerprint density at radius 3 is 2.67 bits per heavy atom. The number of halogens is 1. The van der Waals surface area contributed by atoms with Crippen LogP contribution in [0.25, 0.3) is 0 Å². The highest BCUT2D eigenvalue weighted by molar-refractivity contribution is 6.30. The van der Waals surface area contributed by atoms with Gasteiger partial charge in [-0.3, -0.25) is 0 Å². The lowest BCUT2D eigenvalue weighted by Gasteiger charge is -2.32. The molecule has 0 spiro atoms. The largest absolute Gasteiger partial charge is 0.352 e. The van der Waals surface area contributed by atoms with Crippen molar-refractivity contribution in [1.82, 2.24) is 14.9 Å². The molecular weight excluding hydrogens is 284 g/mol. The van der Waals surface area contributed by atoms with E-state index in [1.54, 1.807) is 0 Å². The van der Waals surface area contributed by atoms with E-state index in [2.05, 4.69) is 35.7 Å². The molecule has 1 aliphatic heterocycles. The van der Waals surface area contributed by atoms with Gasteiger partial charge in [0, 0.05) is 31.1 Å². The van der Waals surface area contributed by atoms with Crippen LogP contribution in [0, 0.1) is 6.92 Å². The molecule has 0 amide bonds. The smallest absolute Gasteiger partial charge is 0.137 e. The van der Waals surface area contributed by atoms with Crippen molar-refractivity contribution in [2.75, 3.05) is 31.6 Å². The highest BCUT2D eigenvalue weighted by Gasteiger charge is 2.25. The second-order valence-corrected chi connectivity index (χ2v) is 6.36. The van der Waals surface area contributed by atoms with Gasteiger partial charge in [0.1, 0.15) is 16.8 Å². The molecule has 1 saturated heterocycles. The highest BCUT2D eigenvalue weighted by Crippen LogP contribution is 2.27. The summed E-state index contributed by atoms with van der Waals surface area (Å²) < 4.78 is 0. The zero-order chi connectivity index (χ0) is 15.4. The summed E-state index contributed by atoms with van der Waals surface area (Å²) in [4.78, 5) is 14.1. The first-order valence-corrected chi connectivity index (χ1v) is 8.42. The Hall–Kier alpha value is -0.870. The molecule has 0 radical (unpaired) electrons. The minimum absolute atomic E-state index is 0.497. The van der Waals surface area contributed by atoms with Gasteiger partial charge in [0.05, 0.1) is 0 Å². The zero-order valence-electron chi connectivity index (χ0n) is 13.7. The molecule has 0 aromatic carbocycles. The van der Waals surface area contributed by atoms with Crippen LogP contribution >= 0.6 is 11.6 Å². The summed E-state index contributed by atoms with van der Waals surface area (Å²) in [6.45, 7) is 9.71. The summed E-state index contributed by atoms with van der Waals surface area (Å²) in [7, 11) is 2.20. The van der Waals surface area contributed by atoms with Crippen molar-refractivity contribution in [3.8, 4) is 0 Å². The first-order chi connectivity index (χ1) is 10.1. The lowest BCUT2D eigenvalue weighted by molar-refractivity contribution is 0.327. The molecule has 1 unspecified atom stereocenters. The van der Waals surface area contributed by atoms with Gasteiger partial charge in [0.15, 0.2) is 0 Å². The van der Waals surface area contributed by atoms with E-state index in [0.29, 0.717) is 11.2 Å². The summed E-state index contributed by atoms with van der Waals surface area (Å²) in [5.41, 5.74) is 1.01. The van der Waals surface area contributed by atoms with Crippen molar-refractivity contribution in [2.24, 2.45) is 0 Å². The number of aromatic nitrogens is 2. The van der Waals surface area contributed by atoms with Crippen molar-refractivity contribution in [2.45, 2.75) is 52.5 Å². The third-order valence-electron chi connectivity index (χ3n) is 4.23. The van der Waals surface area contributed by atoms with Crippen LogP contribution in [0.2, 0.25) is 5.15 Å². The number of likely N-dealkylation sites (N-methyl/N-ethyl adjacent to an activating group) is 1. The molecule has 0 bridgehead atoms. The first-order valence-electron chi connectivity index (χ1n) is 8.05. The standard InChI is InChI=1S/C16H27ClN4/c1-5-8-14-18-15(17)12(3)16(19-14)21-10-7-9-20(4)11-13(21)6-2/h13H,5-11H2,1-4H3. The summed E-state index contributed by atoms with van der Waals surface area (Å²) in [5.74, 6) is 1.91. The summed E-state index contributed by atoms with van der Waals surface area (Å²) in [6, 6.07) is 0.497. The van der Waals surface area contributed by atoms with Gasteiger partial charge in [-0.2, -0.15) is 0 Å². The molecule has 1 aliphatic rings. The number of hydrogen-bond acceptors (Lipinski definition) is 4. The van der Waals surface area contributed by atoms with Crippen LogP contribution in [0.15, 0.2) is 0 Å². The predicted octanol–water partition coefficient (Wildman–Crippen LogP) is 3.31. The van der Waals surface area contributed by atoms with Crippen molar-refractivity contribution >= 4 is 17.4 Å². The third-order valence-corrected chi connectivity index (χ3v) is 4.59. The fourth-order valence-electron chi connectivity index (χ4n) is 3.01. The molecule has 0 saturated carbocycles. The lowest BCUT2D eigenvalue weighted by atomic mass is 10.1. The van der Waals surface area contributed by atoms with Crippen LogP contribution in [0.4, 0.5) is 5.82 Å². The Morgan fingerprint density at radius 2 is 2.00 bits per heavy atom. The number of hydrogen-bond donors (Lipinski definition) is 0. The maximum atomic E-state index is 6.35. The SMILES string of the molecule is CCCc1nc(Cl)c(C)c(N2CCCN(C)CC2CC)n1. The summed E-state index contributed by atoms with van der Waals surface area (Å²) >= 11 is 6.35. The Labute approximate surface area is 133 Å². The molecule has 5 heteroatoms. The van der Waals surface area contributed by atoms with Crippen molar-refractivity contribution < 1.29 is 0 Å². The number of nitrogens with zero attached hydrogens (tertiary/aromatic N) is 4. The second kappa shape index (κ2) is 7.41. The minimum Gasteiger partial charge on any atom is -0.352 e. The molecule has 2 rings (SSSR count). The Bertz CT molecular complexity index is 478. The Kier molecular flexibility index (Phi) is 5.82. The van der Waals surface area contributed by atoms with Gasteiger partial charge in [-0.15, -0.1) is 0 Å². The van der Waals surface area contributed by atoms with Crippen LogP contribution < -0.4 is 4.90 Å². The van der Waals surface area contributed by atoms with E-state index in [1.165, 1.54) is 0 Å². The fourth-order valence-corrected chi connectivity index (χ4v) is 3.19. The van der Waals surface area contributed by atoms with Gasteiger partial charge in [0.25, 0.3) is 0 Å². The average molecular weight is 311 g/mol. The summed E-state index contributed by atoms with van der Waals surface area (Å²) in [5, 5.41) is 0.607. The van der Waals surface area contributed by atoms with Crippen LogP contribution in [-0.4, -0.2) is 47.6 Å². The molecule has 0 aliphatic carbocycles. The topological polar surface area (TPSA) is 32.3 Å². The maximum absolute atomic E-state index is 6.35. The van der Waals surface area contributed by atoms with Gasteiger partial charge in [-0.05, 0) is 39.8 Å². The quantitative estimate of drug-likeness (QED) is 0.799. The van der Waals surface area contributed by atoms with E-state index < -0.39 is 0 Å². The van der Waals surface area contributed by atoms with Gasteiger partial charge in [0.2, 0.25) is 0 Å². The fraction of sp³-hybridized carbons (Fsp3) is 0.750. The van der Waals surface area contributed by atoms with Crippen LogP contribution in [0.5, 0.6) is 0 Å².